The van der Waals surface area contributed by atoms with Crippen molar-refractivity contribution in [2.45, 2.75) is 44.7 Å². The number of nitrogens with one attached hydrogen (secondary N) is 1. The Kier molecular flexibility index (Phi) is 5.39. The van der Waals surface area contributed by atoms with Crippen LogP contribution in [0.25, 0.3) is 0 Å². The molecular formula is C12H24N2O3S2. The second kappa shape index (κ2) is 6.65. The molecule has 2 aliphatic heterocycles. The largest absolute Gasteiger partial charge is 0.311 e. The molecule has 0 atom stereocenters. The minimum Gasteiger partial charge on any atom is -0.311 e. The predicted molar refractivity (Wildman–Crippen MR) is 78.1 cm³/mol. The summed E-state index contributed by atoms with van der Waals surface area (Å²) < 4.78 is 36.4. The van der Waals surface area contributed by atoms with E-state index in [1.807, 2.05) is 0 Å². The molecule has 2 fully saturated rings. The third-order valence-electron chi connectivity index (χ3n) is 4.07. The van der Waals surface area contributed by atoms with Crippen molar-refractivity contribution < 1.29 is 12.6 Å². The topological polar surface area (TPSA) is 66.5 Å². The van der Waals surface area contributed by atoms with Crippen LogP contribution in [0.2, 0.25) is 0 Å². The molecule has 0 aromatic rings. The lowest BCUT2D eigenvalue weighted by molar-refractivity contribution is 0.268. The Morgan fingerprint density at radius 3 is 2.16 bits per heavy atom. The van der Waals surface area contributed by atoms with Gasteiger partial charge in [-0.3, -0.25) is 4.21 Å². The molecule has 2 rings (SSSR count). The zero-order valence-electron chi connectivity index (χ0n) is 11.5. The average molecular weight is 308 g/mol. The number of piperidine rings is 1. The average Bonchev–Trinajstić information content (AvgIpc) is 2.42. The van der Waals surface area contributed by atoms with Gasteiger partial charge in [0.2, 0.25) is 10.0 Å². The van der Waals surface area contributed by atoms with Crippen LogP contribution in [0.5, 0.6) is 0 Å². The second-order valence-corrected chi connectivity index (χ2v) is 9.32. The summed E-state index contributed by atoms with van der Waals surface area (Å²) in [4.78, 5) is 0. The lowest BCUT2D eigenvalue weighted by Gasteiger charge is -2.34. The Balaban J connectivity index is 1.76. The minimum atomic E-state index is -3.02. The molecule has 0 aliphatic carbocycles. The molecule has 2 heterocycles. The predicted octanol–water partition coefficient (Wildman–Crippen LogP) is 0.301. The van der Waals surface area contributed by atoms with E-state index in [4.69, 9.17) is 0 Å². The van der Waals surface area contributed by atoms with E-state index in [9.17, 15) is 12.6 Å². The Hall–Kier alpha value is 0.0200. The third-order valence-corrected chi connectivity index (χ3v) is 7.34. The zero-order chi connectivity index (χ0) is 13.9. The molecule has 1 N–H and O–H groups in total. The monoisotopic (exact) mass is 308 g/mol. The van der Waals surface area contributed by atoms with Gasteiger partial charge in [-0.25, -0.2) is 12.7 Å². The highest BCUT2D eigenvalue weighted by Gasteiger charge is 2.28. The Bertz CT molecular complexity index is 407. The first-order valence-corrected chi connectivity index (χ1v) is 10.2. The van der Waals surface area contributed by atoms with Crippen LogP contribution in [0.15, 0.2) is 0 Å². The van der Waals surface area contributed by atoms with E-state index in [2.05, 4.69) is 5.32 Å². The van der Waals surface area contributed by atoms with Crippen LogP contribution >= 0.6 is 0 Å². The number of hydrogen-bond donors (Lipinski definition) is 1. The zero-order valence-corrected chi connectivity index (χ0v) is 13.1. The first-order valence-electron chi connectivity index (χ1n) is 7.10. The summed E-state index contributed by atoms with van der Waals surface area (Å²) in [5, 5.41) is 3.61. The van der Waals surface area contributed by atoms with Crippen LogP contribution in [-0.2, 0) is 20.8 Å². The van der Waals surface area contributed by atoms with Crippen LogP contribution in [0.4, 0.5) is 0 Å². The molecule has 0 spiro atoms. The summed E-state index contributed by atoms with van der Waals surface area (Å²) in [6.45, 7) is 2.96. The number of hydrogen-bond acceptors (Lipinski definition) is 4. The molecule has 0 amide bonds. The molecule has 2 saturated heterocycles. The van der Waals surface area contributed by atoms with Crippen LogP contribution in [0, 0.1) is 0 Å². The van der Waals surface area contributed by atoms with Crippen molar-refractivity contribution in [2.75, 3.05) is 30.3 Å². The Morgan fingerprint density at radius 1 is 1.11 bits per heavy atom. The highest BCUT2D eigenvalue weighted by molar-refractivity contribution is 7.89. The summed E-state index contributed by atoms with van der Waals surface area (Å²) in [6, 6.07) is 0.886. The first-order chi connectivity index (χ1) is 9.01. The summed E-state index contributed by atoms with van der Waals surface area (Å²) in [5.41, 5.74) is 0. The molecule has 112 valence electrons. The smallest absolute Gasteiger partial charge is 0.213 e. The molecular weight excluding hydrogens is 284 g/mol. The van der Waals surface area contributed by atoms with Gasteiger partial charge < -0.3 is 5.32 Å². The van der Waals surface area contributed by atoms with Gasteiger partial charge in [0.25, 0.3) is 0 Å². The van der Waals surface area contributed by atoms with Gasteiger partial charge in [0.1, 0.15) is 0 Å². The maximum atomic E-state index is 11.8. The molecule has 0 saturated carbocycles. The molecule has 0 bridgehead atoms. The van der Waals surface area contributed by atoms with Gasteiger partial charge in [0, 0.05) is 47.5 Å². The summed E-state index contributed by atoms with van der Waals surface area (Å²) >= 11 is 0. The van der Waals surface area contributed by atoms with Crippen molar-refractivity contribution in [1.29, 1.82) is 0 Å². The normalized spacial score (nSPS) is 31.4. The lowest BCUT2D eigenvalue weighted by atomic mass is 10.0. The van der Waals surface area contributed by atoms with E-state index in [1.54, 1.807) is 11.2 Å². The molecule has 7 heteroatoms. The van der Waals surface area contributed by atoms with Crippen LogP contribution in [0.1, 0.15) is 32.6 Å². The van der Waals surface area contributed by atoms with Crippen molar-refractivity contribution in [2.24, 2.45) is 0 Å². The van der Waals surface area contributed by atoms with Crippen LogP contribution in [-0.4, -0.2) is 59.4 Å². The maximum absolute atomic E-state index is 11.8. The van der Waals surface area contributed by atoms with Gasteiger partial charge in [-0.05, 0) is 32.6 Å². The molecule has 0 unspecified atom stereocenters. The van der Waals surface area contributed by atoms with Crippen molar-refractivity contribution >= 4 is 20.8 Å². The molecule has 0 radical (unpaired) electrons. The fraction of sp³-hybridized carbons (Fsp3) is 1.00. The quantitative estimate of drug-likeness (QED) is 0.811. The molecule has 0 aromatic heterocycles. The van der Waals surface area contributed by atoms with Crippen molar-refractivity contribution in [3.8, 4) is 0 Å². The minimum absolute atomic E-state index is 0.194. The van der Waals surface area contributed by atoms with E-state index < -0.39 is 20.8 Å². The van der Waals surface area contributed by atoms with Crippen molar-refractivity contribution in [3.63, 3.8) is 0 Å². The van der Waals surface area contributed by atoms with Gasteiger partial charge in [-0.15, -0.1) is 0 Å². The lowest BCUT2D eigenvalue weighted by Crippen LogP contribution is -2.49. The number of nitrogens with zero attached hydrogens (tertiary/aromatic N) is 1. The van der Waals surface area contributed by atoms with Crippen molar-refractivity contribution in [3.05, 3.63) is 0 Å². The standard InChI is InChI=1S/C12H24N2O3S2/c1-2-19(16,17)14-7-3-11(4-8-14)13-12-5-9-18(15)10-6-12/h11-13H,2-10H2,1H3. The molecule has 2 aliphatic rings. The maximum Gasteiger partial charge on any atom is 0.213 e. The SMILES string of the molecule is CCS(=O)(=O)N1CCC(NC2CCS(=O)CC2)CC1. The number of rotatable bonds is 4. The fourth-order valence-electron chi connectivity index (χ4n) is 2.78. The van der Waals surface area contributed by atoms with E-state index in [-0.39, 0.29) is 5.75 Å². The summed E-state index contributed by atoms with van der Waals surface area (Å²) in [6.07, 6.45) is 3.75. The van der Waals surface area contributed by atoms with Gasteiger partial charge >= 0.3 is 0 Å². The Labute approximate surface area is 118 Å². The second-order valence-electron chi connectivity index (χ2n) is 5.36. The van der Waals surface area contributed by atoms with Crippen molar-refractivity contribution in [1.82, 2.24) is 9.62 Å². The molecule has 5 nitrogen and oxygen atoms in total. The molecule has 0 aromatic carbocycles. The van der Waals surface area contributed by atoms with E-state index in [0.717, 1.165) is 37.2 Å². The highest BCUT2D eigenvalue weighted by atomic mass is 32.2. The van der Waals surface area contributed by atoms with E-state index in [0.29, 0.717) is 25.2 Å². The van der Waals surface area contributed by atoms with E-state index >= 15 is 0 Å². The fourth-order valence-corrected chi connectivity index (χ4v) is 5.21. The van der Waals surface area contributed by atoms with Gasteiger partial charge in [-0.2, -0.15) is 0 Å². The van der Waals surface area contributed by atoms with Crippen LogP contribution < -0.4 is 5.32 Å². The summed E-state index contributed by atoms with van der Waals surface area (Å²) in [7, 11) is -3.63. The van der Waals surface area contributed by atoms with Gasteiger partial charge in [0.05, 0.1) is 5.75 Å². The van der Waals surface area contributed by atoms with Crippen LogP contribution in [0.3, 0.4) is 0 Å². The van der Waals surface area contributed by atoms with Gasteiger partial charge in [0.15, 0.2) is 0 Å². The third kappa shape index (κ3) is 4.24. The Morgan fingerprint density at radius 2 is 1.63 bits per heavy atom. The highest BCUT2D eigenvalue weighted by Crippen LogP contribution is 2.17. The van der Waals surface area contributed by atoms with E-state index in [1.165, 1.54) is 0 Å². The molecule has 19 heavy (non-hydrogen) atoms. The van der Waals surface area contributed by atoms with Gasteiger partial charge in [-0.1, -0.05) is 0 Å². The number of sulfonamides is 1. The summed E-state index contributed by atoms with van der Waals surface area (Å²) in [5.74, 6) is 1.81. The first kappa shape index (κ1) is 15.4.